The van der Waals surface area contributed by atoms with Crippen LogP contribution in [-0.4, -0.2) is 32.7 Å². The number of methoxy groups -OCH3 is 2. The van der Waals surface area contributed by atoms with Crippen LogP contribution in [0.15, 0.2) is 28.7 Å². The minimum atomic E-state index is -0.789. The Hall–Kier alpha value is -1.40. The molecule has 5 nitrogen and oxygen atoms in total. The standard InChI is InChI=1S/C14H18BrNO4/c1-19-9-3-4-12(17)16-13(14(18)20-2)10-5-7-11(15)8-6-10/h5-8,13H,3-4,9H2,1-2H3,(H,16,17)/t13-/m0/s1. The molecule has 1 aromatic rings. The van der Waals surface area contributed by atoms with Crippen molar-refractivity contribution >= 4 is 27.8 Å². The van der Waals surface area contributed by atoms with Gasteiger partial charge in [-0.15, -0.1) is 0 Å². The van der Waals surface area contributed by atoms with Crippen LogP contribution >= 0.6 is 15.9 Å². The number of benzene rings is 1. The molecule has 0 aliphatic heterocycles. The maximum atomic E-state index is 11.8. The van der Waals surface area contributed by atoms with Gasteiger partial charge in [-0.05, 0) is 24.1 Å². The smallest absolute Gasteiger partial charge is 0.333 e. The highest BCUT2D eigenvalue weighted by atomic mass is 79.9. The van der Waals surface area contributed by atoms with E-state index in [0.717, 1.165) is 4.47 Å². The SMILES string of the molecule is COCCCC(=O)N[C@H](C(=O)OC)c1ccc(Br)cc1. The highest BCUT2D eigenvalue weighted by molar-refractivity contribution is 9.10. The molecule has 0 unspecified atom stereocenters. The van der Waals surface area contributed by atoms with Gasteiger partial charge in [0.1, 0.15) is 0 Å². The lowest BCUT2D eigenvalue weighted by molar-refractivity contribution is -0.145. The molecule has 0 bridgehead atoms. The highest BCUT2D eigenvalue weighted by Gasteiger charge is 2.23. The zero-order chi connectivity index (χ0) is 15.0. The minimum Gasteiger partial charge on any atom is -0.467 e. The summed E-state index contributed by atoms with van der Waals surface area (Å²) < 4.78 is 10.5. The molecule has 1 aromatic carbocycles. The first-order chi connectivity index (χ1) is 9.58. The Morgan fingerprint density at radius 2 is 1.90 bits per heavy atom. The van der Waals surface area contributed by atoms with Gasteiger partial charge in [-0.25, -0.2) is 4.79 Å². The summed E-state index contributed by atoms with van der Waals surface area (Å²) in [5.41, 5.74) is 0.681. The Morgan fingerprint density at radius 3 is 2.45 bits per heavy atom. The summed E-state index contributed by atoms with van der Waals surface area (Å²) in [7, 11) is 2.88. The van der Waals surface area contributed by atoms with E-state index in [0.29, 0.717) is 25.0 Å². The molecule has 1 N–H and O–H groups in total. The third-order valence-electron chi connectivity index (χ3n) is 2.70. The molecule has 0 radical (unpaired) electrons. The lowest BCUT2D eigenvalue weighted by atomic mass is 10.1. The highest BCUT2D eigenvalue weighted by Crippen LogP contribution is 2.18. The van der Waals surface area contributed by atoms with E-state index >= 15 is 0 Å². The normalized spacial score (nSPS) is 11.8. The predicted octanol–water partition coefficient (Wildman–Crippen LogP) is 2.21. The van der Waals surface area contributed by atoms with Gasteiger partial charge in [-0.1, -0.05) is 28.1 Å². The summed E-state index contributed by atoms with van der Waals surface area (Å²) in [5.74, 6) is -0.701. The number of ether oxygens (including phenoxy) is 2. The second kappa shape index (κ2) is 8.71. The summed E-state index contributed by atoms with van der Waals surface area (Å²) in [5, 5.41) is 2.68. The molecule has 0 heterocycles. The number of halogens is 1. The molecule has 1 atom stereocenters. The zero-order valence-corrected chi connectivity index (χ0v) is 13.1. The van der Waals surface area contributed by atoms with Crippen molar-refractivity contribution in [1.29, 1.82) is 0 Å². The largest absolute Gasteiger partial charge is 0.467 e. The molecule has 0 aliphatic rings. The molecular formula is C14H18BrNO4. The molecule has 0 saturated carbocycles. The van der Waals surface area contributed by atoms with Crippen LogP contribution in [0.25, 0.3) is 0 Å². The van der Waals surface area contributed by atoms with Crippen LogP contribution < -0.4 is 5.32 Å². The van der Waals surface area contributed by atoms with Gasteiger partial charge in [0.2, 0.25) is 5.91 Å². The van der Waals surface area contributed by atoms with Crippen molar-refractivity contribution in [2.75, 3.05) is 20.8 Å². The van der Waals surface area contributed by atoms with Gasteiger partial charge >= 0.3 is 5.97 Å². The van der Waals surface area contributed by atoms with Crippen LogP contribution in [0.2, 0.25) is 0 Å². The Labute approximate surface area is 126 Å². The maximum Gasteiger partial charge on any atom is 0.333 e. The van der Waals surface area contributed by atoms with E-state index in [1.165, 1.54) is 7.11 Å². The fourth-order valence-corrected chi connectivity index (χ4v) is 1.93. The number of rotatable bonds is 7. The molecule has 20 heavy (non-hydrogen) atoms. The van der Waals surface area contributed by atoms with E-state index in [4.69, 9.17) is 9.47 Å². The van der Waals surface area contributed by atoms with Crippen molar-refractivity contribution in [2.24, 2.45) is 0 Å². The van der Waals surface area contributed by atoms with Crippen molar-refractivity contribution in [2.45, 2.75) is 18.9 Å². The average Bonchev–Trinajstić information content (AvgIpc) is 2.45. The monoisotopic (exact) mass is 343 g/mol. The number of nitrogens with one attached hydrogen (secondary N) is 1. The number of hydrogen-bond acceptors (Lipinski definition) is 4. The summed E-state index contributed by atoms with van der Waals surface area (Å²) >= 11 is 3.32. The summed E-state index contributed by atoms with van der Waals surface area (Å²) in [6.07, 6.45) is 0.911. The summed E-state index contributed by atoms with van der Waals surface area (Å²) in [4.78, 5) is 23.6. The van der Waals surface area contributed by atoms with E-state index in [2.05, 4.69) is 21.2 Å². The molecule has 0 fully saturated rings. The first-order valence-electron chi connectivity index (χ1n) is 6.20. The van der Waals surface area contributed by atoms with Crippen LogP contribution in [0.5, 0.6) is 0 Å². The third-order valence-corrected chi connectivity index (χ3v) is 3.23. The van der Waals surface area contributed by atoms with Crippen molar-refractivity contribution in [3.05, 3.63) is 34.3 Å². The molecule has 0 saturated heterocycles. The third kappa shape index (κ3) is 5.30. The summed E-state index contributed by atoms with van der Waals surface area (Å²) in [6, 6.07) is 6.36. The molecule has 0 aliphatic carbocycles. The van der Waals surface area contributed by atoms with Crippen molar-refractivity contribution in [1.82, 2.24) is 5.32 Å². The van der Waals surface area contributed by atoms with Gasteiger partial charge in [0.25, 0.3) is 0 Å². The number of amides is 1. The van der Waals surface area contributed by atoms with E-state index in [1.54, 1.807) is 19.2 Å². The van der Waals surface area contributed by atoms with Gasteiger partial charge in [-0.3, -0.25) is 4.79 Å². The Bertz CT molecular complexity index is 447. The predicted molar refractivity (Wildman–Crippen MR) is 78.2 cm³/mol. The maximum absolute atomic E-state index is 11.8. The van der Waals surface area contributed by atoms with Crippen LogP contribution in [0, 0.1) is 0 Å². The lowest BCUT2D eigenvalue weighted by Crippen LogP contribution is -2.34. The second-order valence-corrected chi connectivity index (χ2v) is 5.09. The van der Waals surface area contributed by atoms with Gasteiger partial charge in [0.15, 0.2) is 6.04 Å². The fraction of sp³-hybridized carbons (Fsp3) is 0.429. The number of esters is 1. The van der Waals surface area contributed by atoms with E-state index < -0.39 is 12.0 Å². The molecule has 110 valence electrons. The molecule has 1 amide bonds. The second-order valence-electron chi connectivity index (χ2n) is 4.17. The van der Waals surface area contributed by atoms with Crippen molar-refractivity contribution < 1.29 is 19.1 Å². The Kier molecular flexibility index (Phi) is 7.25. The average molecular weight is 344 g/mol. The summed E-state index contributed by atoms with van der Waals surface area (Å²) in [6.45, 7) is 0.509. The molecule has 1 rings (SSSR count). The minimum absolute atomic E-state index is 0.208. The van der Waals surface area contributed by atoms with Crippen molar-refractivity contribution in [3.8, 4) is 0 Å². The van der Waals surface area contributed by atoms with Crippen LogP contribution in [-0.2, 0) is 19.1 Å². The number of carbonyl (C=O) groups is 2. The van der Waals surface area contributed by atoms with Crippen molar-refractivity contribution in [3.63, 3.8) is 0 Å². The van der Waals surface area contributed by atoms with Gasteiger partial charge in [0, 0.05) is 24.6 Å². The molecule has 6 heteroatoms. The van der Waals surface area contributed by atoms with E-state index in [9.17, 15) is 9.59 Å². The first kappa shape index (κ1) is 16.7. The molecular weight excluding hydrogens is 326 g/mol. The molecule has 0 spiro atoms. The van der Waals surface area contributed by atoms with E-state index in [-0.39, 0.29) is 5.91 Å². The van der Waals surface area contributed by atoms with Crippen LogP contribution in [0.1, 0.15) is 24.4 Å². The van der Waals surface area contributed by atoms with Gasteiger partial charge in [0.05, 0.1) is 7.11 Å². The Morgan fingerprint density at radius 1 is 1.25 bits per heavy atom. The number of carbonyl (C=O) groups excluding carboxylic acids is 2. The Balaban J connectivity index is 2.72. The van der Waals surface area contributed by atoms with Gasteiger partial charge in [-0.2, -0.15) is 0 Å². The van der Waals surface area contributed by atoms with Crippen LogP contribution in [0.4, 0.5) is 0 Å². The van der Waals surface area contributed by atoms with E-state index in [1.807, 2.05) is 12.1 Å². The fourth-order valence-electron chi connectivity index (χ4n) is 1.66. The topological polar surface area (TPSA) is 64.6 Å². The quantitative estimate of drug-likeness (QED) is 0.608. The lowest BCUT2D eigenvalue weighted by Gasteiger charge is -2.17. The first-order valence-corrected chi connectivity index (χ1v) is 6.99. The molecule has 0 aromatic heterocycles. The zero-order valence-electron chi connectivity index (χ0n) is 11.5. The number of hydrogen-bond donors (Lipinski definition) is 1. The van der Waals surface area contributed by atoms with Crippen LogP contribution in [0.3, 0.4) is 0 Å². The van der Waals surface area contributed by atoms with Gasteiger partial charge < -0.3 is 14.8 Å².